The van der Waals surface area contributed by atoms with Gasteiger partial charge >= 0.3 is 0 Å². The van der Waals surface area contributed by atoms with Crippen LogP contribution in [0.5, 0.6) is 0 Å². The van der Waals surface area contributed by atoms with E-state index in [4.69, 9.17) is 11.6 Å². The van der Waals surface area contributed by atoms with Gasteiger partial charge in [-0.25, -0.2) is 4.39 Å². The Bertz CT molecular complexity index is 478. The van der Waals surface area contributed by atoms with Crippen molar-refractivity contribution >= 4 is 17.5 Å². The Balaban J connectivity index is 2.22. The lowest BCUT2D eigenvalue weighted by atomic mass is 10.1. The van der Waals surface area contributed by atoms with Crippen molar-refractivity contribution in [3.05, 3.63) is 34.1 Å². The third kappa shape index (κ3) is 2.49. The molecule has 0 saturated carbocycles. The fraction of sp³-hybridized carbons (Fsp3) is 0.462. The van der Waals surface area contributed by atoms with Crippen LogP contribution in [0.3, 0.4) is 0 Å². The molecule has 5 heteroatoms. The molecule has 0 aliphatic carbocycles. The van der Waals surface area contributed by atoms with Crippen molar-refractivity contribution in [3.63, 3.8) is 0 Å². The third-order valence-electron chi connectivity index (χ3n) is 3.36. The van der Waals surface area contributed by atoms with Gasteiger partial charge in [0.25, 0.3) is 5.91 Å². The number of hydrogen-bond donors (Lipinski definition) is 1. The minimum Gasteiger partial charge on any atom is -0.337 e. The van der Waals surface area contributed by atoms with Crippen LogP contribution in [0, 0.1) is 12.7 Å². The molecule has 1 aliphatic heterocycles. The Labute approximate surface area is 111 Å². The molecule has 0 bridgehead atoms. The lowest BCUT2D eigenvalue weighted by Gasteiger charge is -2.17. The zero-order valence-electron chi connectivity index (χ0n) is 10.5. The summed E-state index contributed by atoms with van der Waals surface area (Å²) in [6, 6.07) is 3.03. The summed E-state index contributed by atoms with van der Waals surface area (Å²) < 4.78 is 13.5. The minimum absolute atomic E-state index is 0.198. The normalized spacial score (nSPS) is 19.3. The molecule has 1 atom stereocenters. The molecular formula is C13H16ClFN2O. The molecule has 1 aliphatic rings. The lowest BCUT2D eigenvalue weighted by molar-refractivity contribution is 0.0789. The van der Waals surface area contributed by atoms with E-state index in [1.54, 1.807) is 11.8 Å². The van der Waals surface area contributed by atoms with Crippen molar-refractivity contribution in [2.45, 2.75) is 19.4 Å². The van der Waals surface area contributed by atoms with Gasteiger partial charge in [-0.05, 0) is 38.1 Å². The minimum atomic E-state index is -0.396. The summed E-state index contributed by atoms with van der Waals surface area (Å²) in [4.78, 5) is 13.9. The van der Waals surface area contributed by atoms with Crippen LogP contribution in [0.2, 0.25) is 5.02 Å². The number of rotatable bonds is 2. The van der Waals surface area contributed by atoms with E-state index in [0.29, 0.717) is 29.7 Å². The topological polar surface area (TPSA) is 32.3 Å². The quantitative estimate of drug-likeness (QED) is 0.894. The van der Waals surface area contributed by atoms with E-state index < -0.39 is 5.82 Å². The van der Waals surface area contributed by atoms with Gasteiger partial charge < -0.3 is 10.2 Å². The molecule has 1 aromatic carbocycles. The Hall–Kier alpha value is -1.13. The average Bonchev–Trinajstić information content (AvgIpc) is 2.81. The molecule has 98 valence electrons. The molecule has 18 heavy (non-hydrogen) atoms. The number of hydrogen-bond acceptors (Lipinski definition) is 2. The third-order valence-corrected chi connectivity index (χ3v) is 3.68. The first-order valence-electron chi connectivity index (χ1n) is 5.95. The van der Waals surface area contributed by atoms with Crippen LogP contribution in [-0.4, -0.2) is 37.0 Å². The number of benzene rings is 1. The second kappa shape index (κ2) is 5.24. The first kappa shape index (κ1) is 13.3. The molecular weight excluding hydrogens is 255 g/mol. The molecule has 1 saturated heterocycles. The highest BCUT2D eigenvalue weighted by atomic mass is 35.5. The highest BCUT2D eigenvalue weighted by Crippen LogP contribution is 2.23. The highest BCUT2D eigenvalue weighted by Gasteiger charge is 2.27. The monoisotopic (exact) mass is 270 g/mol. The number of carbonyl (C=O) groups is 1. The molecule has 1 aromatic rings. The predicted octanol–water partition coefficient (Wildman–Crippen LogP) is 2.22. The molecule has 0 aromatic heterocycles. The Morgan fingerprint density at radius 2 is 2.28 bits per heavy atom. The second-order valence-electron chi connectivity index (χ2n) is 4.61. The molecule has 0 radical (unpaired) electrons. The summed E-state index contributed by atoms with van der Waals surface area (Å²) in [7, 11) is 1.87. The zero-order valence-corrected chi connectivity index (χ0v) is 11.2. The van der Waals surface area contributed by atoms with Crippen LogP contribution in [0.15, 0.2) is 12.1 Å². The number of amides is 1. The first-order valence-corrected chi connectivity index (χ1v) is 6.33. The summed E-state index contributed by atoms with van der Waals surface area (Å²) >= 11 is 6.02. The number of nitrogens with zero attached hydrogens (tertiary/aromatic N) is 1. The number of halogens is 2. The Morgan fingerprint density at radius 3 is 2.89 bits per heavy atom. The largest absolute Gasteiger partial charge is 0.337 e. The van der Waals surface area contributed by atoms with Gasteiger partial charge in [0.2, 0.25) is 0 Å². The number of carbonyl (C=O) groups excluding carboxylic acids is 1. The second-order valence-corrected chi connectivity index (χ2v) is 5.01. The molecule has 1 heterocycles. The van der Waals surface area contributed by atoms with Crippen LogP contribution in [0.1, 0.15) is 22.3 Å². The molecule has 0 spiro atoms. The molecule has 1 fully saturated rings. The van der Waals surface area contributed by atoms with Crippen molar-refractivity contribution in [2.24, 2.45) is 0 Å². The Morgan fingerprint density at radius 1 is 1.56 bits per heavy atom. The maximum Gasteiger partial charge on any atom is 0.255 e. The van der Waals surface area contributed by atoms with Gasteiger partial charge in [-0.15, -0.1) is 0 Å². The Kier molecular flexibility index (Phi) is 3.88. The number of likely N-dealkylation sites (N-methyl/N-ethyl adjacent to an activating group) is 1. The van der Waals surface area contributed by atoms with Gasteiger partial charge in [-0.2, -0.15) is 0 Å². The summed E-state index contributed by atoms with van der Waals surface area (Å²) in [5.74, 6) is -0.594. The van der Waals surface area contributed by atoms with Crippen LogP contribution >= 0.6 is 11.6 Å². The van der Waals surface area contributed by atoms with Gasteiger partial charge in [0.15, 0.2) is 0 Å². The molecule has 2 rings (SSSR count). The molecule has 3 nitrogen and oxygen atoms in total. The summed E-state index contributed by atoms with van der Waals surface area (Å²) in [5.41, 5.74) is 0.697. The highest BCUT2D eigenvalue weighted by molar-refractivity contribution is 6.33. The first-order chi connectivity index (χ1) is 8.52. The van der Waals surface area contributed by atoms with Crippen molar-refractivity contribution in [1.29, 1.82) is 0 Å². The van der Waals surface area contributed by atoms with Crippen molar-refractivity contribution < 1.29 is 9.18 Å². The number of aryl methyl sites for hydroxylation is 1. The van der Waals surface area contributed by atoms with E-state index in [0.717, 1.165) is 6.42 Å². The fourth-order valence-corrected chi connectivity index (χ4v) is 2.46. The van der Waals surface area contributed by atoms with E-state index >= 15 is 0 Å². The maximum atomic E-state index is 13.5. The summed E-state index contributed by atoms with van der Waals surface area (Å²) in [6.07, 6.45) is 0.911. The van der Waals surface area contributed by atoms with Gasteiger partial charge in [0.1, 0.15) is 5.82 Å². The van der Waals surface area contributed by atoms with Gasteiger partial charge in [0, 0.05) is 19.1 Å². The van der Waals surface area contributed by atoms with E-state index in [-0.39, 0.29) is 11.5 Å². The SMILES string of the molecule is CNC1CCN(C(=O)c2cc(F)c(C)cc2Cl)C1. The average molecular weight is 271 g/mol. The summed E-state index contributed by atoms with van der Waals surface area (Å²) in [6.45, 7) is 2.94. The van der Waals surface area contributed by atoms with Gasteiger partial charge in [-0.1, -0.05) is 11.6 Å². The van der Waals surface area contributed by atoms with E-state index in [9.17, 15) is 9.18 Å². The molecule has 1 N–H and O–H groups in total. The fourth-order valence-electron chi connectivity index (χ4n) is 2.16. The lowest BCUT2D eigenvalue weighted by Crippen LogP contribution is -2.33. The van der Waals surface area contributed by atoms with Crippen LogP contribution in [0.25, 0.3) is 0 Å². The predicted molar refractivity (Wildman–Crippen MR) is 69.5 cm³/mol. The van der Waals surface area contributed by atoms with E-state index in [2.05, 4.69) is 5.32 Å². The van der Waals surface area contributed by atoms with E-state index in [1.807, 2.05) is 7.05 Å². The van der Waals surface area contributed by atoms with Crippen molar-refractivity contribution in [1.82, 2.24) is 10.2 Å². The number of nitrogens with one attached hydrogen (secondary N) is 1. The molecule has 1 amide bonds. The summed E-state index contributed by atoms with van der Waals surface area (Å²) in [5, 5.41) is 3.45. The maximum absolute atomic E-state index is 13.5. The van der Waals surface area contributed by atoms with Gasteiger partial charge in [-0.3, -0.25) is 4.79 Å². The van der Waals surface area contributed by atoms with Crippen LogP contribution in [0.4, 0.5) is 4.39 Å². The standard InChI is InChI=1S/C13H16ClFN2O/c1-8-5-11(14)10(6-12(8)15)13(18)17-4-3-9(7-17)16-2/h5-6,9,16H,3-4,7H2,1-2H3. The van der Waals surface area contributed by atoms with Crippen molar-refractivity contribution in [2.75, 3.05) is 20.1 Å². The van der Waals surface area contributed by atoms with Gasteiger partial charge in [0.05, 0.1) is 10.6 Å². The van der Waals surface area contributed by atoms with Crippen LogP contribution < -0.4 is 5.32 Å². The molecule has 1 unspecified atom stereocenters. The number of likely N-dealkylation sites (tertiary alicyclic amines) is 1. The van der Waals surface area contributed by atoms with E-state index in [1.165, 1.54) is 12.1 Å². The van der Waals surface area contributed by atoms with Crippen molar-refractivity contribution in [3.8, 4) is 0 Å². The zero-order chi connectivity index (χ0) is 13.3. The van der Waals surface area contributed by atoms with Crippen LogP contribution in [-0.2, 0) is 0 Å². The smallest absolute Gasteiger partial charge is 0.255 e.